The molecular formula is C12H15NOS. The van der Waals surface area contributed by atoms with E-state index in [0.717, 1.165) is 22.9 Å². The zero-order valence-electron chi connectivity index (χ0n) is 8.81. The Bertz CT molecular complexity index is 374. The lowest BCUT2D eigenvalue weighted by atomic mass is 10.2. The number of benzene rings is 1. The van der Waals surface area contributed by atoms with Crippen molar-refractivity contribution in [3.63, 3.8) is 0 Å². The van der Waals surface area contributed by atoms with Crippen LogP contribution in [-0.4, -0.2) is 24.4 Å². The maximum atomic E-state index is 12.0. The highest BCUT2D eigenvalue weighted by Crippen LogP contribution is 2.29. The highest BCUT2D eigenvalue weighted by Gasteiger charge is 2.25. The van der Waals surface area contributed by atoms with Gasteiger partial charge in [0.2, 0.25) is 0 Å². The number of rotatable bonds is 3. The third-order valence-corrected chi connectivity index (χ3v) is 2.95. The van der Waals surface area contributed by atoms with Gasteiger partial charge in [-0.1, -0.05) is 6.07 Å². The van der Waals surface area contributed by atoms with E-state index >= 15 is 0 Å². The van der Waals surface area contributed by atoms with Crippen LogP contribution in [0.25, 0.3) is 0 Å². The van der Waals surface area contributed by atoms with Crippen molar-refractivity contribution in [3.05, 3.63) is 29.8 Å². The Labute approximate surface area is 95.7 Å². The number of amides is 1. The van der Waals surface area contributed by atoms with Crippen molar-refractivity contribution in [1.29, 1.82) is 0 Å². The van der Waals surface area contributed by atoms with E-state index in [4.69, 9.17) is 0 Å². The molecule has 0 aromatic heterocycles. The minimum Gasteiger partial charge on any atom is -0.341 e. The molecule has 0 saturated heterocycles. The molecule has 1 aliphatic rings. The van der Waals surface area contributed by atoms with Crippen LogP contribution in [0.4, 0.5) is 0 Å². The molecule has 2 nitrogen and oxygen atoms in total. The molecule has 1 fully saturated rings. The number of hydrogen-bond acceptors (Lipinski definition) is 2. The summed E-state index contributed by atoms with van der Waals surface area (Å²) < 4.78 is 0. The van der Waals surface area contributed by atoms with E-state index in [0.29, 0.717) is 0 Å². The summed E-state index contributed by atoms with van der Waals surface area (Å²) in [5.74, 6) is 0.830. The summed E-state index contributed by atoms with van der Waals surface area (Å²) in [4.78, 5) is 14.6. The fraction of sp³-hybridized carbons (Fsp3) is 0.417. The summed E-state index contributed by atoms with van der Waals surface area (Å²) in [7, 11) is 1.87. The van der Waals surface area contributed by atoms with E-state index in [1.165, 1.54) is 12.8 Å². The predicted octanol–water partition coefficient (Wildman–Crippen LogP) is 2.46. The van der Waals surface area contributed by atoms with Crippen LogP contribution in [0.1, 0.15) is 23.2 Å². The van der Waals surface area contributed by atoms with E-state index in [2.05, 4.69) is 12.6 Å². The number of nitrogens with zero attached hydrogens (tertiary/aromatic N) is 1. The van der Waals surface area contributed by atoms with Gasteiger partial charge in [0.05, 0.1) is 0 Å². The Morgan fingerprint density at radius 1 is 1.53 bits per heavy atom. The average Bonchev–Trinajstić information content (AvgIpc) is 3.00. The van der Waals surface area contributed by atoms with Crippen molar-refractivity contribution in [2.24, 2.45) is 5.92 Å². The van der Waals surface area contributed by atoms with Crippen LogP contribution in [0.3, 0.4) is 0 Å². The van der Waals surface area contributed by atoms with Crippen LogP contribution < -0.4 is 0 Å². The number of carbonyl (C=O) groups excluding carboxylic acids is 1. The Morgan fingerprint density at radius 2 is 2.27 bits per heavy atom. The lowest BCUT2D eigenvalue weighted by molar-refractivity contribution is 0.0788. The normalized spacial score (nSPS) is 15.1. The first-order valence-corrected chi connectivity index (χ1v) is 5.66. The fourth-order valence-electron chi connectivity index (χ4n) is 1.63. The Morgan fingerprint density at radius 3 is 2.87 bits per heavy atom. The Balaban J connectivity index is 2.05. The number of thiol groups is 1. The van der Waals surface area contributed by atoms with Gasteiger partial charge in [-0.15, -0.1) is 12.6 Å². The molecule has 0 spiro atoms. The van der Waals surface area contributed by atoms with Crippen LogP contribution >= 0.6 is 12.6 Å². The summed E-state index contributed by atoms with van der Waals surface area (Å²) in [6.07, 6.45) is 2.54. The third kappa shape index (κ3) is 2.75. The summed E-state index contributed by atoms with van der Waals surface area (Å²) >= 11 is 4.23. The van der Waals surface area contributed by atoms with Gasteiger partial charge in [-0.2, -0.15) is 0 Å². The van der Waals surface area contributed by atoms with E-state index < -0.39 is 0 Å². The zero-order valence-corrected chi connectivity index (χ0v) is 9.71. The molecule has 2 rings (SSSR count). The first-order chi connectivity index (χ1) is 7.16. The van der Waals surface area contributed by atoms with Crippen molar-refractivity contribution >= 4 is 18.5 Å². The number of hydrogen-bond donors (Lipinski definition) is 1. The summed E-state index contributed by atoms with van der Waals surface area (Å²) in [6, 6.07) is 7.39. The molecule has 0 atom stereocenters. The standard InChI is InChI=1S/C12H15NOS/c1-13(8-9-5-6-9)12(14)10-3-2-4-11(15)7-10/h2-4,7,9,15H,5-6,8H2,1H3. The fourth-order valence-corrected chi connectivity index (χ4v) is 1.86. The summed E-state index contributed by atoms with van der Waals surface area (Å²) in [6.45, 7) is 0.885. The molecule has 0 aliphatic heterocycles. The van der Waals surface area contributed by atoms with E-state index in [9.17, 15) is 4.79 Å². The second kappa shape index (κ2) is 4.27. The van der Waals surface area contributed by atoms with Crippen LogP contribution in [0.2, 0.25) is 0 Å². The minimum atomic E-state index is 0.0952. The smallest absolute Gasteiger partial charge is 0.253 e. The second-order valence-electron chi connectivity index (χ2n) is 4.18. The second-order valence-corrected chi connectivity index (χ2v) is 4.70. The predicted molar refractivity (Wildman–Crippen MR) is 63.4 cm³/mol. The van der Waals surface area contributed by atoms with E-state index in [-0.39, 0.29) is 5.91 Å². The Kier molecular flexibility index (Phi) is 3.00. The molecule has 1 aromatic rings. The highest BCUT2D eigenvalue weighted by atomic mass is 32.1. The highest BCUT2D eigenvalue weighted by molar-refractivity contribution is 7.80. The molecule has 0 N–H and O–H groups in total. The zero-order chi connectivity index (χ0) is 10.8. The largest absolute Gasteiger partial charge is 0.341 e. The van der Waals surface area contributed by atoms with Crippen molar-refractivity contribution in [2.45, 2.75) is 17.7 Å². The van der Waals surface area contributed by atoms with Gasteiger partial charge in [0, 0.05) is 24.1 Å². The molecule has 1 saturated carbocycles. The molecule has 0 radical (unpaired) electrons. The first-order valence-electron chi connectivity index (χ1n) is 5.21. The molecule has 0 bridgehead atoms. The minimum absolute atomic E-state index is 0.0952. The van der Waals surface area contributed by atoms with Gasteiger partial charge in [-0.05, 0) is 37.0 Å². The van der Waals surface area contributed by atoms with Crippen molar-refractivity contribution in [1.82, 2.24) is 4.90 Å². The van der Waals surface area contributed by atoms with Crippen molar-refractivity contribution in [2.75, 3.05) is 13.6 Å². The maximum absolute atomic E-state index is 12.0. The van der Waals surface area contributed by atoms with Gasteiger partial charge >= 0.3 is 0 Å². The third-order valence-electron chi connectivity index (χ3n) is 2.67. The molecule has 3 heteroatoms. The van der Waals surface area contributed by atoms with Gasteiger partial charge in [-0.25, -0.2) is 0 Å². The lowest BCUT2D eigenvalue weighted by Gasteiger charge is -2.16. The van der Waals surface area contributed by atoms with Crippen LogP contribution in [-0.2, 0) is 0 Å². The molecule has 80 valence electrons. The van der Waals surface area contributed by atoms with Crippen LogP contribution in [0.15, 0.2) is 29.2 Å². The van der Waals surface area contributed by atoms with Gasteiger partial charge in [0.15, 0.2) is 0 Å². The first kappa shape index (κ1) is 10.6. The molecule has 1 aromatic carbocycles. The van der Waals surface area contributed by atoms with E-state index in [1.54, 1.807) is 4.90 Å². The quantitative estimate of drug-likeness (QED) is 0.777. The molecule has 15 heavy (non-hydrogen) atoms. The van der Waals surface area contributed by atoms with Gasteiger partial charge in [0.25, 0.3) is 5.91 Å². The van der Waals surface area contributed by atoms with E-state index in [1.807, 2.05) is 31.3 Å². The lowest BCUT2D eigenvalue weighted by Crippen LogP contribution is -2.28. The molecular weight excluding hydrogens is 206 g/mol. The molecule has 0 unspecified atom stereocenters. The maximum Gasteiger partial charge on any atom is 0.253 e. The molecule has 0 heterocycles. The van der Waals surface area contributed by atoms with Crippen molar-refractivity contribution in [3.8, 4) is 0 Å². The van der Waals surface area contributed by atoms with Gasteiger partial charge < -0.3 is 4.90 Å². The number of carbonyl (C=O) groups is 1. The van der Waals surface area contributed by atoms with Crippen LogP contribution in [0.5, 0.6) is 0 Å². The topological polar surface area (TPSA) is 20.3 Å². The summed E-state index contributed by atoms with van der Waals surface area (Å²) in [5, 5.41) is 0. The van der Waals surface area contributed by atoms with Crippen LogP contribution in [0, 0.1) is 5.92 Å². The monoisotopic (exact) mass is 221 g/mol. The SMILES string of the molecule is CN(CC1CC1)C(=O)c1cccc(S)c1. The van der Waals surface area contributed by atoms with Gasteiger partial charge in [0.1, 0.15) is 0 Å². The van der Waals surface area contributed by atoms with Crippen molar-refractivity contribution < 1.29 is 4.79 Å². The average molecular weight is 221 g/mol. The van der Waals surface area contributed by atoms with Gasteiger partial charge in [-0.3, -0.25) is 4.79 Å². The Hall–Kier alpha value is -0.960. The summed E-state index contributed by atoms with van der Waals surface area (Å²) in [5.41, 5.74) is 0.727. The molecule has 1 amide bonds. The molecule has 1 aliphatic carbocycles.